The molecule has 1 heterocycles. The predicted molar refractivity (Wildman–Crippen MR) is 38.6 cm³/mol. The summed E-state index contributed by atoms with van der Waals surface area (Å²) in [6, 6.07) is 0. The zero-order chi connectivity index (χ0) is 5.98. The third-order valence-corrected chi connectivity index (χ3v) is 2.06. The molecular weight excluding hydrogens is 209 g/mol. The molecule has 1 radical (unpaired) electrons. The van der Waals surface area contributed by atoms with Crippen LogP contribution in [0.2, 0.25) is 0 Å². The van der Waals surface area contributed by atoms with Crippen molar-refractivity contribution < 1.29 is 32.7 Å². The minimum atomic E-state index is 0. The van der Waals surface area contributed by atoms with E-state index in [0.29, 0.717) is 5.25 Å². The van der Waals surface area contributed by atoms with Gasteiger partial charge >= 0.3 is 0 Å². The van der Waals surface area contributed by atoms with Crippen molar-refractivity contribution in [1.82, 2.24) is 0 Å². The number of thioether (sulfide) groups is 1. The van der Waals surface area contributed by atoms with Crippen LogP contribution in [0.3, 0.4) is 0 Å². The van der Waals surface area contributed by atoms with E-state index >= 15 is 0 Å². The Kier molecular flexibility index (Phi) is 5.18. The third-order valence-electron chi connectivity index (χ3n) is 0.982. The molecule has 0 bridgehead atoms. The van der Waals surface area contributed by atoms with Crippen LogP contribution in [0.1, 0.15) is 6.92 Å². The van der Waals surface area contributed by atoms with Crippen molar-refractivity contribution in [2.24, 2.45) is 4.99 Å². The second-order valence-electron chi connectivity index (χ2n) is 1.78. The monoisotopic (exact) mass is 218 g/mol. The Hall–Kier alpha value is 0.924. The average Bonchev–Trinajstić information content (AvgIpc) is 2.14. The number of aliphatic imine (C=N–C) groups is 1. The van der Waals surface area contributed by atoms with Gasteiger partial charge in [-0.05, 0) is 11.7 Å². The van der Waals surface area contributed by atoms with Crippen molar-refractivity contribution in [3.63, 3.8) is 0 Å². The van der Waals surface area contributed by atoms with E-state index in [1.165, 1.54) is 0 Å². The summed E-state index contributed by atoms with van der Waals surface area (Å²) < 4.78 is 0. The molecule has 0 aliphatic carbocycles. The Morgan fingerprint density at radius 1 is 1.78 bits per heavy atom. The molecule has 4 heteroatoms. The van der Waals surface area contributed by atoms with Crippen LogP contribution in [-0.4, -0.2) is 24.0 Å². The van der Waals surface area contributed by atoms with Crippen LogP contribution in [0, 0.1) is 0 Å². The molecule has 1 atom stereocenters. The van der Waals surface area contributed by atoms with Crippen molar-refractivity contribution in [1.29, 1.82) is 0 Å². The van der Waals surface area contributed by atoms with Gasteiger partial charge in [0, 0.05) is 38.0 Å². The molecule has 9 heavy (non-hydrogen) atoms. The molecule has 1 rings (SSSR count). The minimum absolute atomic E-state index is 0. The SMILES string of the molecule is C[N-]C1=NCC(C)S1.[Y]. The van der Waals surface area contributed by atoms with Crippen LogP contribution in [0.15, 0.2) is 4.99 Å². The Labute approximate surface area is 85.1 Å². The van der Waals surface area contributed by atoms with Crippen molar-refractivity contribution in [2.75, 3.05) is 13.6 Å². The smallest absolute Gasteiger partial charge is 0.00521 e. The molecular formula is C5H9N2SY-. The number of hydrogen-bond donors (Lipinski definition) is 0. The maximum Gasteiger partial charge on any atom is 0.00521 e. The zero-order valence-electron chi connectivity index (χ0n) is 5.66. The van der Waals surface area contributed by atoms with E-state index in [4.69, 9.17) is 0 Å². The molecule has 2 nitrogen and oxygen atoms in total. The molecule has 0 saturated heterocycles. The maximum absolute atomic E-state index is 4.15. The zero-order valence-corrected chi connectivity index (χ0v) is 9.32. The van der Waals surface area contributed by atoms with Crippen LogP contribution < -0.4 is 0 Å². The van der Waals surface area contributed by atoms with Gasteiger partial charge in [0.25, 0.3) is 0 Å². The third kappa shape index (κ3) is 3.01. The first-order valence-corrected chi connectivity index (χ1v) is 3.52. The Morgan fingerprint density at radius 3 is 2.67 bits per heavy atom. The van der Waals surface area contributed by atoms with Crippen LogP contribution in [0.25, 0.3) is 5.32 Å². The van der Waals surface area contributed by atoms with Gasteiger partial charge in [-0.15, -0.1) is 11.8 Å². The summed E-state index contributed by atoms with van der Waals surface area (Å²) >= 11 is 1.75. The number of amidine groups is 1. The largest absolute Gasteiger partial charge is 0.464 e. The summed E-state index contributed by atoms with van der Waals surface area (Å²) in [6.07, 6.45) is 0. The van der Waals surface area contributed by atoms with Gasteiger partial charge in [-0.2, -0.15) is 0 Å². The molecule has 0 aromatic heterocycles. The van der Waals surface area contributed by atoms with Crippen molar-refractivity contribution in [2.45, 2.75) is 12.2 Å². The molecule has 0 amide bonds. The van der Waals surface area contributed by atoms with Gasteiger partial charge in [0.1, 0.15) is 0 Å². The van der Waals surface area contributed by atoms with E-state index < -0.39 is 0 Å². The summed E-state index contributed by atoms with van der Waals surface area (Å²) in [5.41, 5.74) is 0. The number of hydrogen-bond acceptors (Lipinski definition) is 2. The van der Waals surface area contributed by atoms with E-state index in [0.717, 1.165) is 11.7 Å². The average molecular weight is 218 g/mol. The van der Waals surface area contributed by atoms with E-state index in [-0.39, 0.29) is 32.7 Å². The number of rotatable bonds is 0. The van der Waals surface area contributed by atoms with E-state index in [9.17, 15) is 0 Å². The molecule has 49 valence electrons. The molecule has 0 aromatic carbocycles. The van der Waals surface area contributed by atoms with Gasteiger partial charge < -0.3 is 10.3 Å². The summed E-state index contributed by atoms with van der Waals surface area (Å²) in [5, 5.41) is 5.55. The van der Waals surface area contributed by atoms with Gasteiger partial charge in [0.05, 0.1) is 0 Å². The standard InChI is InChI=1S/C5H9N2S.Y/c1-4-3-7-5(6-2)8-4;/h4H,3H2,1-2H3;/q-1;. The van der Waals surface area contributed by atoms with Crippen LogP contribution in [0.4, 0.5) is 0 Å². The van der Waals surface area contributed by atoms with Crippen molar-refractivity contribution >= 4 is 16.9 Å². The Morgan fingerprint density at radius 2 is 2.44 bits per heavy atom. The quantitative estimate of drug-likeness (QED) is 0.604. The molecule has 1 unspecified atom stereocenters. The van der Waals surface area contributed by atoms with Crippen LogP contribution >= 0.6 is 11.8 Å². The number of nitrogens with zero attached hydrogens (tertiary/aromatic N) is 2. The molecule has 1 aliphatic rings. The second-order valence-corrected chi connectivity index (χ2v) is 3.18. The summed E-state index contributed by atoms with van der Waals surface area (Å²) in [6.45, 7) is 3.10. The first-order chi connectivity index (χ1) is 3.83. The Balaban J connectivity index is 0.000000640. The topological polar surface area (TPSA) is 26.5 Å². The fourth-order valence-electron chi connectivity index (χ4n) is 0.585. The molecule has 0 spiro atoms. The second kappa shape index (κ2) is 4.70. The molecule has 0 fully saturated rings. The van der Waals surface area contributed by atoms with E-state index in [1.807, 2.05) is 0 Å². The predicted octanol–water partition coefficient (Wildman–Crippen LogP) is 1.48. The fraction of sp³-hybridized carbons (Fsp3) is 0.800. The van der Waals surface area contributed by atoms with Gasteiger partial charge in [0.15, 0.2) is 0 Å². The first-order valence-electron chi connectivity index (χ1n) is 2.64. The Bertz CT molecular complexity index is 116. The molecule has 0 aromatic rings. The summed E-state index contributed by atoms with van der Waals surface area (Å²) in [4.78, 5) is 4.15. The van der Waals surface area contributed by atoms with Gasteiger partial charge in [-0.25, -0.2) is 0 Å². The normalized spacial score (nSPS) is 24.7. The fourth-order valence-corrected chi connectivity index (χ4v) is 1.35. The van der Waals surface area contributed by atoms with Gasteiger partial charge in [0.2, 0.25) is 0 Å². The summed E-state index contributed by atoms with van der Waals surface area (Å²) in [5.74, 6) is 0. The van der Waals surface area contributed by atoms with Crippen LogP contribution in [0.5, 0.6) is 0 Å². The van der Waals surface area contributed by atoms with E-state index in [2.05, 4.69) is 17.2 Å². The summed E-state index contributed by atoms with van der Waals surface area (Å²) in [7, 11) is 1.78. The first kappa shape index (κ1) is 9.92. The molecule has 0 N–H and O–H groups in total. The van der Waals surface area contributed by atoms with Crippen molar-refractivity contribution in [3.8, 4) is 0 Å². The van der Waals surface area contributed by atoms with E-state index in [1.54, 1.807) is 18.8 Å². The van der Waals surface area contributed by atoms with Crippen LogP contribution in [-0.2, 0) is 32.7 Å². The maximum atomic E-state index is 4.15. The molecule has 0 saturated carbocycles. The van der Waals surface area contributed by atoms with Gasteiger partial charge in [-0.1, -0.05) is 14.0 Å². The minimum Gasteiger partial charge on any atom is -0.464 e. The van der Waals surface area contributed by atoms with Crippen molar-refractivity contribution in [3.05, 3.63) is 5.32 Å². The molecule has 1 aliphatic heterocycles. The van der Waals surface area contributed by atoms with Gasteiger partial charge in [-0.3, -0.25) is 0 Å².